The zero-order valence-electron chi connectivity index (χ0n) is 15.0. The summed E-state index contributed by atoms with van der Waals surface area (Å²) in [5.74, 6) is -1.11. The second-order valence-corrected chi connectivity index (χ2v) is 6.64. The van der Waals surface area contributed by atoms with Crippen molar-refractivity contribution < 1.29 is 14.7 Å². The summed E-state index contributed by atoms with van der Waals surface area (Å²) < 4.78 is 1.88. The van der Waals surface area contributed by atoms with Crippen LogP contribution >= 0.6 is 0 Å². The Labute approximate surface area is 143 Å². The summed E-state index contributed by atoms with van der Waals surface area (Å²) in [6.45, 7) is 7.43. The van der Waals surface area contributed by atoms with Crippen LogP contribution in [0, 0.1) is 11.8 Å². The topological polar surface area (TPSA) is 87.5 Å². The Bertz CT molecular complexity index is 611. The first kappa shape index (κ1) is 18.3. The van der Waals surface area contributed by atoms with Crippen molar-refractivity contribution in [2.45, 2.75) is 46.6 Å². The molecule has 2 amide bonds. The van der Waals surface area contributed by atoms with Gasteiger partial charge in [-0.1, -0.05) is 20.8 Å². The Hall–Kier alpha value is -2.05. The minimum Gasteiger partial charge on any atom is -0.481 e. The first-order valence-corrected chi connectivity index (χ1v) is 8.66. The normalized spacial score (nSPS) is 20.9. The van der Waals surface area contributed by atoms with Crippen LogP contribution in [0.15, 0.2) is 0 Å². The molecule has 1 aliphatic heterocycles. The molecule has 1 saturated heterocycles. The molecular formula is C17H28N4O3. The number of carbonyl (C=O) groups is 2. The SMILES string of the molecule is CCc1nn(C)c(CC)c1CNC(=O)N1CC(C)CC(C(=O)O)C1. The minimum absolute atomic E-state index is 0.194. The Balaban J connectivity index is 2.04. The summed E-state index contributed by atoms with van der Waals surface area (Å²) >= 11 is 0. The molecule has 1 aliphatic rings. The molecule has 7 heteroatoms. The van der Waals surface area contributed by atoms with E-state index in [2.05, 4.69) is 24.3 Å². The van der Waals surface area contributed by atoms with Gasteiger partial charge in [0.15, 0.2) is 0 Å². The number of nitrogens with one attached hydrogen (secondary N) is 1. The summed E-state index contributed by atoms with van der Waals surface area (Å²) in [6.07, 6.45) is 2.30. The van der Waals surface area contributed by atoms with Gasteiger partial charge < -0.3 is 15.3 Å². The van der Waals surface area contributed by atoms with Crippen LogP contribution in [-0.4, -0.2) is 44.9 Å². The Morgan fingerprint density at radius 1 is 1.29 bits per heavy atom. The molecule has 2 atom stereocenters. The molecule has 1 aromatic rings. The van der Waals surface area contributed by atoms with E-state index < -0.39 is 11.9 Å². The third kappa shape index (κ3) is 3.88. The fraction of sp³-hybridized carbons (Fsp3) is 0.706. The van der Waals surface area contributed by atoms with Crippen LogP contribution in [0.2, 0.25) is 0 Å². The van der Waals surface area contributed by atoms with E-state index in [4.69, 9.17) is 0 Å². The van der Waals surface area contributed by atoms with Crippen molar-refractivity contribution in [1.29, 1.82) is 0 Å². The average molecular weight is 336 g/mol. The summed E-state index contributed by atoms with van der Waals surface area (Å²) in [5, 5.41) is 16.7. The van der Waals surface area contributed by atoms with Gasteiger partial charge in [-0.25, -0.2) is 4.79 Å². The molecule has 2 N–H and O–H groups in total. The maximum Gasteiger partial charge on any atom is 0.317 e. The van der Waals surface area contributed by atoms with Gasteiger partial charge in [0.2, 0.25) is 0 Å². The average Bonchev–Trinajstić information content (AvgIpc) is 2.86. The van der Waals surface area contributed by atoms with E-state index in [-0.39, 0.29) is 18.5 Å². The van der Waals surface area contributed by atoms with Crippen molar-refractivity contribution in [3.8, 4) is 0 Å². The van der Waals surface area contributed by atoms with Gasteiger partial charge in [0, 0.05) is 37.9 Å². The standard InChI is InChI=1S/C17H28N4O3/c1-5-14-13(15(6-2)20(4)19-14)8-18-17(24)21-9-11(3)7-12(10-21)16(22)23/h11-12H,5-10H2,1-4H3,(H,18,24)(H,22,23). The van der Waals surface area contributed by atoms with E-state index in [9.17, 15) is 14.7 Å². The van der Waals surface area contributed by atoms with E-state index in [0.29, 0.717) is 19.5 Å². The Kier molecular flexibility index (Phi) is 5.85. The van der Waals surface area contributed by atoms with Crippen molar-refractivity contribution in [1.82, 2.24) is 20.0 Å². The lowest BCUT2D eigenvalue weighted by Crippen LogP contribution is -2.49. The van der Waals surface area contributed by atoms with Crippen LogP contribution < -0.4 is 5.32 Å². The van der Waals surface area contributed by atoms with E-state index in [1.165, 1.54) is 0 Å². The van der Waals surface area contributed by atoms with Crippen LogP contribution in [0.1, 0.15) is 44.1 Å². The molecule has 0 saturated carbocycles. The van der Waals surface area contributed by atoms with Gasteiger partial charge in [0.1, 0.15) is 0 Å². The highest BCUT2D eigenvalue weighted by atomic mass is 16.4. The summed E-state index contributed by atoms with van der Waals surface area (Å²) in [6, 6.07) is -0.194. The number of amides is 2. The first-order valence-electron chi connectivity index (χ1n) is 8.66. The van der Waals surface area contributed by atoms with Gasteiger partial charge in [-0.2, -0.15) is 5.10 Å². The largest absolute Gasteiger partial charge is 0.481 e. The minimum atomic E-state index is -0.826. The molecule has 0 aliphatic carbocycles. The van der Waals surface area contributed by atoms with Gasteiger partial charge in [0.25, 0.3) is 0 Å². The van der Waals surface area contributed by atoms with E-state index in [0.717, 1.165) is 29.8 Å². The number of hydrogen-bond donors (Lipinski definition) is 2. The van der Waals surface area contributed by atoms with Crippen LogP contribution in [0.25, 0.3) is 0 Å². The fourth-order valence-electron chi connectivity index (χ4n) is 3.57. The lowest BCUT2D eigenvalue weighted by molar-refractivity contribution is -0.143. The lowest BCUT2D eigenvalue weighted by Gasteiger charge is -2.34. The van der Waals surface area contributed by atoms with Gasteiger partial charge in [0.05, 0.1) is 11.6 Å². The number of likely N-dealkylation sites (tertiary alicyclic amines) is 1. The molecule has 24 heavy (non-hydrogen) atoms. The number of hydrogen-bond acceptors (Lipinski definition) is 3. The van der Waals surface area contributed by atoms with Gasteiger partial charge in [-0.15, -0.1) is 0 Å². The number of rotatable bonds is 5. The molecule has 2 unspecified atom stereocenters. The molecule has 0 aromatic carbocycles. The highest BCUT2D eigenvalue weighted by Crippen LogP contribution is 2.22. The third-order valence-electron chi connectivity index (χ3n) is 4.74. The smallest absolute Gasteiger partial charge is 0.317 e. The molecule has 2 rings (SSSR count). The zero-order valence-corrected chi connectivity index (χ0v) is 15.0. The van der Waals surface area contributed by atoms with Crippen molar-refractivity contribution in [2.75, 3.05) is 13.1 Å². The zero-order chi connectivity index (χ0) is 17.9. The maximum atomic E-state index is 12.5. The number of aryl methyl sites for hydroxylation is 2. The summed E-state index contributed by atoms with van der Waals surface area (Å²) in [4.78, 5) is 25.4. The van der Waals surface area contributed by atoms with Crippen LogP contribution in [0.4, 0.5) is 4.79 Å². The molecule has 0 bridgehead atoms. The highest BCUT2D eigenvalue weighted by Gasteiger charge is 2.32. The quantitative estimate of drug-likeness (QED) is 0.858. The van der Waals surface area contributed by atoms with Crippen LogP contribution in [-0.2, 0) is 31.2 Å². The number of carboxylic acids is 1. The lowest BCUT2D eigenvalue weighted by atomic mass is 9.91. The number of aliphatic carboxylic acids is 1. The molecule has 0 radical (unpaired) electrons. The first-order chi connectivity index (χ1) is 11.4. The van der Waals surface area contributed by atoms with E-state index in [1.54, 1.807) is 4.90 Å². The number of urea groups is 1. The highest BCUT2D eigenvalue weighted by molar-refractivity contribution is 5.76. The third-order valence-corrected chi connectivity index (χ3v) is 4.74. The predicted molar refractivity (Wildman–Crippen MR) is 90.7 cm³/mol. The molecular weight excluding hydrogens is 308 g/mol. The second-order valence-electron chi connectivity index (χ2n) is 6.64. The number of nitrogens with zero attached hydrogens (tertiary/aromatic N) is 3. The molecule has 1 fully saturated rings. The molecule has 2 heterocycles. The molecule has 134 valence electrons. The maximum absolute atomic E-state index is 12.5. The van der Waals surface area contributed by atoms with E-state index in [1.807, 2.05) is 18.7 Å². The van der Waals surface area contributed by atoms with Crippen LogP contribution in [0.3, 0.4) is 0 Å². The Morgan fingerprint density at radius 3 is 2.58 bits per heavy atom. The van der Waals surface area contributed by atoms with Gasteiger partial charge in [-0.05, 0) is 25.2 Å². The number of carboxylic acid groups (broad SMARTS) is 1. The van der Waals surface area contributed by atoms with Crippen molar-refractivity contribution >= 4 is 12.0 Å². The molecule has 0 spiro atoms. The second kappa shape index (κ2) is 7.68. The molecule has 7 nitrogen and oxygen atoms in total. The number of carbonyl (C=O) groups excluding carboxylic acids is 1. The van der Waals surface area contributed by atoms with Crippen molar-refractivity contribution in [2.24, 2.45) is 18.9 Å². The fourth-order valence-corrected chi connectivity index (χ4v) is 3.57. The van der Waals surface area contributed by atoms with Crippen molar-refractivity contribution in [3.05, 3.63) is 17.0 Å². The van der Waals surface area contributed by atoms with Crippen LogP contribution in [0.5, 0.6) is 0 Å². The molecule has 1 aromatic heterocycles. The van der Waals surface area contributed by atoms with E-state index >= 15 is 0 Å². The Morgan fingerprint density at radius 2 is 2.00 bits per heavy atom. The van der Waals surface area contributed by atoms with Crippen molar-refractivity contribution in [3.63, 3.8) is 0 Å². The summed E-state index contributed by atoms with van der Waals surface area (Å²) in [7, 11) is 1.92. The van der Waals surface area contributed by atoms with Gasteiger partial charge >= 0.3 is 12.0 Å². The van der Waals surface area contributed by atoms with Gasteiger partial charge in [-0.3, -0.25) is 9.48 Å². The number of piperidine rings is 1. The predicted octanol–water partition coefficient (Wildman–Crippen LogP) is 1.80. The monoisotopic (exact) mass is 336 g/mol. The summed E-state index contributed by atoms with van der Waals surface area (Å²) in [5.41, 5.74) is 3.21. The number of aromatic nitrogens is 2.